The van der Waals surface area contributed by atoms with Crippen LogP contribution < -0.4 is 5.32 Å². The van der Waals surface area contributed by atoms with Gasteiger partial charge >= 0.3 is 5.97 Å². The lowest BCUT2D eigenvalue weighted by Gasteiger charge is -2.15. The molecule has 0 radical (unpaired) electrons. The molecule has 0 saturated carbocycles. The summed E-state index contributed by atoms with van der Waals surface area (Å²) in [5, 5.41) is 12.3. The summed E-state index contributed by atoms with van der Waals surface area (Å²) in [6, 6.07) is 8.31. The number of carbonyl (C=O) groups is 2. The van der Waals surface area contributed by atoms with Gasteiger partial charge in [-0.2, -0.15) is 0 Å². The van der Waals surface area contributed by atoms with Gasteiger partial charge in [0.2, 0.25) is 0 Å². The van der Waals surface area contributed by atoms with Crippen molar-refractivity contribution in [3.8, 4) is 5.75 Å². The van der Waals surface area contributed by atoms with Gasteiger partial charge in [0.1, 0.15) is 5.75 Å². The first-order valence-corrected chi connectivity index (χ1v) is 7.86. The van der Waals surface area contributed by atoms with Crippen molar-refractivity contribution in [1.82, 2.24) is 0 Å². The summed E-state index contributed by atoms with van der Waals surface area (Å²) in [4.78, 5) is 24.1. The Morgan fingerprint density at radius 2 is 1.62 bits per heavy atom. The zero-order chi connectivity index (χ0) is 17.9. The standard InChI is InChI=1S/C16H12Cl3NO4/c1-8(24-16(23)9-2-4-11(21)5-3-9)15(22)20-14-12(18)6-10(17)7-13(14)19/h2-8,21H,1H3,(H,20,22)/t8-/m1/s1. The Morgan fingerprint density at radius 1 is 1.08 bits per heavy atom. The monoisotopic (exact) mass is 387 g/mol. The number of benzene rings is 2. The number of carbonyl (C=O) groups excluding carboxylic acids is 2. The van der Waals surface area contributed by atoms with E-state index in [4.69, 9.17) is 39.5 Å². The normalized spacial score (nSPS) is 11.7. The lowest BCUT2D eigenvalue weighted by atomic mass is 10.2. The molecule has 8 heteroatoms. The minimum atomic E-state index is -1.09. The number of halogens is 3. The summed E-state index contributed by atoms with van der Waals surface area (Å²) >= 11 is 17.8. The molecule has 0 heterocycles. The molecule has 0 spiro atoms. The van der Waals surface area contributed by atoms with E-state index in [0.29, 0.717) is 5.02 Å². The molecule has 0 saturated heterocycles. The van der Waals surface area contributed by atoms with Crippen LogP contribution in [0.4, 0.5) is 5.69 Å². The number of esters is 1. The fourth-order valence-corrected chi connectivity index (χ4v) is 2.68. The first-order chi connectivity index (χ1) is 11.3. The van der Waals surface area contributed by atoms with E-state index in [1.54, 1.807) is 0 Å². The molecule has 1 amide bonds. The van der Waals surface area contributed by atoms with Crippen molar-refractivity contribution in [2.45, 2.75) is 13.0 Å². The first-order valence-electron chi connectivity index (χ1n) is 6.73. The van der Waals surface area contributed by atoms with E-state index in [0.717, 1.165) is 0 Å². The fourth-order valence-electron chi connectivity index (χ4n) is 1.77. The van der Waals surface area contributed by atoms with Crippen LogP contribution in [0, 0.1) is 0 Å². The maximum Gasteiger partial charge on any atom is 0.338 e. The molecule has 2 rings (SSSR count). The van der Waals surface area contributed by atoms with Crippen LogP contribution in [0.3, 0.4) is 0 Å². The molecule has 0 aliphatic rings. The third-order valence-electron chi connectivity index (χ3n) is 3.01. The Labute approximate surface area is 153 Å². The van der Waals surface area contributed by atoms with E-state index < -0.39 is 18.0 Å². The number of hydrogen-bond acceptors (Lipinski definition) is 4. The average Bonchev–Trinajstić information content (AvgIpc) is 2.51. The number of phenols is 1. The maximum atomic E-state index is 12.1. The molecule has 2 aromatic rings. The van der Waals surface area contributed by atoms with Gasteiger partial charge in [-0.25, -0.2) is 4.79 Å². The van der Waals surface area contributed by atoms with Gasteiger partial charge in [-0.05, 0) is 43.3 Å². The van der Waals surface area contributed by atoms with Crippen LogP contribution in [0.2, 0.25) is 15.1 Å². The Balaban J connectivity index is 2.05. The number of ether oxygens (including phenoxy) is 1. The third-order valence-corrected chi connectivity index (χ3v) is 3.83. The smallest absolute Gasteiger partial charge is 0.338 e. The first kappa shape index (κ1) is 18.4. The van der Waals surface area contributed by atoms with Crippen LogP contribution in [0.25, 0.3) is 0 Å². The Hall–Kier alpha value is -1.95. The molecule has 24 heavy (non-hydrogen) atoms. The van der Waals surface area contributed by atoms with E-state index in [1.165, 1.54) is 43.3 Å². The Morgan fingerprint density at radius 3 is 2.17 bits per heavy atom. The molecule has 2 aromatic carbocycles. The molecule has 2 N–H and O–H groups in total. The second-order valence-corrected chi connectivity index (χ2v) is 6.08. The minimum absolute atomic E-state index is 0.0179. The number of anilines is 1. The molecule has 1 atom stereocenters. The van der Waals surface area contributed by atoms with Crippen LogP contribution in [-0.2, 0) is 9.53 Å². The van der Waals surface area contributed by atoms with Crippen molar-refractivity contribution in [3.63, 3.8) is 0 Å². The van der Waals surface area contributed by atoms with Gasteiger partial charge in [-0.3, -0.25) is 4.79 Å². The van der Waals surface area contributed by atoms with Gasteiger partial charge in [-0.15, -0.1) is 0 Å². The van der Waals surface area contributed by atoms with Crippen molar-refractivity contribution in [1.29, 1.82) is 0 Å². The second kappa shape index (κ2) is 7.75. The quantitative estimate of drug-likeness (QED) is 0.754. The highest BCUT2D eigenvalue weighted by atomic mass is 35.5. The maximum absolute atomic E-state index is 12.1. The van der Waals surface area contributed by atoms with Gasteiger partial charge in [0.15, 0.2) is 6.10 Å². The highest BCUT2D eigenvalue weighted by Crippen LogP contribution is 2.33. The molecule has 0 aliphatic heterocycles. The van der Waals surface area contributed by atoms with Crippen molar-refractivity contribution in [2.75, 3.05) is 5.32 Å². The molecule has 0 unspecified atom stereocenters. The Kier molecular flexibility index (Phi) is 5.94. The van der Waals surface area contributed by atoms with E-state index >= 15 is 0 Å². The number of aromatic hydroxyl groups is 1. The van der Waals surface area contributed by atoms with E-state index in [9.17, 15) is 14.7 Å². The summed E-state index contributed by atoms with van der Waals surface area (Å²) in [6.45, 7) is 1.41. The lowest BCUT2D eigenvalue weighted by Crippen LogP contribution is -2.30. The molecule has 5 nitrogen and oxygen atoms in total. The van der Waals surface area contributed by atoms with Gasteiger partial charge in [0, 0.05) is 5.02 Å². The van der Waals surface area contributed by atoms with Crippen molar-refractivity contribution in [2.24, 2.45) is 0 Å². The average molecular weight is 389 g/mol. The topological polar surface area (TPSA) is 75.6 Å². The van der Waals surface area contributed by atoms with Crippen molar-refractivity contribution < 1.29 is 19.4 Å². The SMILES string of the molecule is C[C@@H](OC(=O)c1ccc(O)cc1)C(=O)Nc1c(Cl)cc(Cl)cc1Cl. The van der Waals surface area contributed by atoms with Crippen molar-refractivity contribution in [3.05, 3.63) is 57.0 Å². The van der Waals surface area contributed by atoms with Crippen LogP contribution >= 0.6 is 34.8 Å². The van der Waals surface area contributed by atoms with Crippen LogP contribution in [-0.4, -0.2) is 23.1 Å². The summed E-state index contributed by atoms with van der Waals surface area (Å²) in [5.41, 5.74) is 0.385. The van der Waals surface area contributed by atoms with Crippen LogP contribution in [0.15, 0.2) is 36.4 Å². The number of rotatable bonds is 4. The zero-order valence-electron chi connectivity index (χ0n) is 12.3. The molecule has 0 fully saturated rings. The van der Waals surface area contributed by atoms with Gasteiger partial charge in [0.25, 0.3) is 5.91 Å². The predicted octanol–water partition coefficient (Wildman–Crippen LogP) is 4.54. The molecular formula is C16H12Cl3NO4. The molecule has 0 aromatic heterocycles. The van der Waals surface area contributed by atoms with Crippen LogP contribution in [0.1, 0.15) is 17.3 Å². The molecule has 126 valence electrons. The molecular weight excluding hydrogens is 377 g/mol. The van der Waals surface area contributed by atoms with Gasteiger partial charge in [0.05, 0.1) is 21.3 Å². The van der Waals surface area contributed by atoms with E-state index in [-0.39, 0.29) is 27.0 Å². The highest BCUT2D eigenvalue weighted by Gasteiger charge is 2.21. The zero-order valence-corrected chi connectivity index (χ0v) is 14.6. The van der Waals surface area contributed by atoms with E-state index in [2.05, 4.69) is 5.32 Å². The fraction of sp³-hybridized carbons (Fsp3) is 0.125. The number of hydrogen-bond donors (Lipinski definition) is 2. The summed E-state index contributed by atoms with van der Waals surface area (Å²) in [5.74, 6) is -1.29. The van der Waals surface area contributed by atoms with Gasteiger partial charge < -0.3 is 15.2 Å². The molecule has 0 bridgehead atoms. The summed E-state index contributed by atoms with van der Waals surface area (Å²) in [7, 11) is 0. The van der Waals surface area contributed by atoms with E-state index in [1.807, 2.05) is 0 Å². The third kappa shape index (κ3) is 4.54. The van der Waals surface area contributed by atoms with Crippen molar-refractivity contribution >= 4 is 52.4 Å². The Bertz CT molecular complexity index is 754. The number of phenolic OH excluding ortho intramolecular Hbond substituents is 1. The second-order valence-electron chi connectivity index (χ2n) is 4.83. The summed E-state index contributed by atoms with van der Waals surface area (Å²) in [6.07, 6.45) is -1.09. The lowest BCUT2D eigenvalue weighted by molar-refractivity contribution is -0.123. The summed E-state index contributed by atoms with van der Waals surface area (Å²) < 4.78 is 5.07. The van der Waals surface area contributed by atoms with Gasteiger partial charge in [-0.1, -0.05) is 34.8 Å². The largest absolute Gasteiger partial charge is 0.508 e. The molecule has 0 aliphatic carbocycles. The predicted molar refractivity (Wildman–Crippen MR) is 93.1 cm³/mol. The number of amides is 1. The van der Waals surface area contributed by atoms with Crippen LogP contribution in [0.5, 0.6) is 5.75 Å². The highest BCUT2D eigenvalue weighted by molar-refractivity contribution is 6.42. The minimum Gasteiger partial charge on any atom is -0.508 e. The number of nitrogens with one attached hydrogen (secondary N) is 1.